The number of benzene rings is 1. The van der Waals surface area contributed by atoms with E-state index in [2.05, 4.69) is 0 Å². The number of methoxy groups -OCH3 is 1. The fraction of sp³-hybridized carbons (Fsp3) is 0.238. The van der Waals surface area contributed by atoms with Gasteiger partial charge in [-0.1, -0.05) is 17.7 Å². The maximum absolute atomic E-state index is 12.3. The van der Waals surface area contributed by atoms with E-state index in [1.54, 1.807) is 23.8 Å². The molecule has 0 amide bonds. The van der Waals surface area contributed by atoms with Crippen molar-refractivity contribution in [2.75, 3.05) is 20.3 Å². The van der Waals surface area contributed by atoms with Crippen molar-refractivity contribution in [3.05, 3.63) is 67.6 Å². The van der Waals surface area contributed by atoms with Crippen molar-refractivity contribution in [1.29, 1.82) is 0 Å². The minimum absolute atomic E-state index is 0.354. The highest BCUT2D eigenvalue weighted by Crippen LogP contribution is 2.45. The summed E-state index contributed by atoms with van der Waals surface area (Å²) in [6.45, 7) is 0.988. The fourth-order valence-electron chi connectivity index (χ4n) is 3.25. The zero-order chi connectivity index (χ0) is 21.3. The number of aromatic carboxylic acids is 1. The summed E-state index contributed by atoms with van der Waals surface area (Å²) in [6.07, 6.45) is 1.31. The number of carbonyl (C=O) groups excluding carboxylic acids is 1. The van der Waals surface area contributed by atoms with Crippen LogP contribution in [0.25, 0.3) is 11.3 Å². The van der Waals surface area contributed by atoms with E-state index in [-0.39, 0.29) is 0 Å². The molecule has 0 bridgehead atoms. The molecule has 0 saturated heterocycles. The van der Waals surface area contributed by atoms with Crippen LogP contribution in [0.3, 0.4) is 0 Å². The molecule has 2 aromatic heterocycles. The minimum Gasteiger partial charge on any atom is -0.545 e. The molecule has 7 nitrogen and oxygen atoms in total. The highest BCUT2D eigenvalue weighted by molar-refractivity contribution is 7.10. The first-order valence-electron chi connectivity index (χ1n) is 9.13. The Balaban J connectivity index is 1.81. The van der Waals surface area contributed by atoms with Crippen molar-refractivity contribution >= 4 is 28.9 Å². The zero-order valence-corrected chi connectivity index (χ0v) is 17.5. The molecule has 1 aromatic carbocycles. The van der Waals surface area contributed by atoms with Gasteiger partial charge < -0.3 is 28.7 Å². The Morgan fingerprint density at radius 3 is 2.87 bits per heavy atom. The molecule has 0 spiro atoms. The van der Waals surface area contributed by atoms with Gasteiger partial charge in [0.1, 0.15) is 11.5 Å². The first-order chi connectivity index (χ1) is 14.5. The number of aromatic nitrogens is 1. The molecular weight excluding hydrogens is 430 g/mol. The van der Waals surface area contributed by atoms with Crippen LogP contribution in [0.5, 0.6) is 11.5 Å². The molecule has 0 fully saturated rings. The Kier molecular flexibility index (Phi) is 5.80. The molecule has 0 radical (unpaired) electrons. The molecule has 0 N–H and O–H groups in total. The molecule has 1 aliphatic heterocycles. The van der Waals surface area contributed by atoms with Crippen LogP contribution in [-0.4, -0.2) is 30.9 Å². The second-order valence-electron chi connectivity index (χ2n) is 6.59. The molecule has 1 atom stereocenters. The summed E-state index contributed by atoms with van der Waals surface area (Å²) in [4.78, 5) is 24.6. The van der Waals surface area contributed by atoms with Crippen LogP contribution in [-0.2, 0) is 4.74 Å². The van der Waals surface area contributed by atoms with Gasteiger partial charge in [-0.3, -0.25) is 4.79 Å². The lowest BCUT2D eigenvalue weighted by atomic mass is 10.1. The maximum Gasteiger partial charge on any atom is 0.211 e. The predicted octanol–water partition coefficient (Wildman–Crippen LogP) is 2.95. The van der Waals surface area contributed by atoms with Gasteiger partial charge in [-0.15, -0.1) is 11.3 Å². The van der Waals surface area contributed by atoms with Gasteiger partial charge in [0.25, 0.3) is 0 Å². The van der Waals surface area contributed by atoms with Gasteiger partial charge in [-0.2, -0.15) is 0 Å². The molecule has 0 saturated carbocycles. The SMILES string of the molecule is COCCCOc1cc2c(cc1Cl)-c1cc(=O)c(C(=O)[O-])cn1C(c1cccs1)O2. The van der Waals surface area contributed by atoms with Crippen LogP contribution in [0.2, 0.25) is 5.02 Å². The second kappa shape index (κ2) is 8.51. The highest BCUT2D eigenvalue weighted by Gasteiger charge is 2.29. The van der Waals surface area contributed by atoms with Crippen molar-refractivity contribution in [1.82, 2.24) is 4.57 Å². The molecule has 0 aliphatic carbocycles. The van der Waals surface area contributed by atoms with Crippen LogP contribution in [0.1, 0.15) is 27.9 Å². The molecule has 9 heteroatoms. The maximum atomic E-state index is 12.3. The largest absolute Gasteiger partial charge is 0.545 e. The van der Waals surface area contributed by atoms with Crippen LogP contribution in [0, 0.1) is 0 Å². The van der Waals surface area contributed by atoms with Crippen molar-refractivity contribution < 1.29 is 24.1 Å². The van der Waals surface area contributed by atoms with E-state index in [4.69, 9.17) is 25.8 Å². The number of thiophene rings is 1. The Labute approximate surface area is 181 Å². The molecule has 3 heterocycles. The van der Waals surface area contributed by atoms with Gasteiger partial charge in [0, 0.05) is 44.0 Å². The van der Waals surface area contributed by atoms with Crippen molar-refractivity contribution in [3.63, 3.8) is 0 Å². The number of pyridine rings is 1. The Hall–Kier alpha value is -2.81. The van der Waals surface area contributed by atoms with E-state index >= 15 is 0 Å². The molecule has 1 unspecified atom stereocenters. The van der Waals surface area contributed by atoms with Gasteiger partial charge in [0.05, 0.1) is 33.7 Å². The van der Waals surface area contributed by atoms with E-state index in [9.17, 15) is 14.7 Å². The van der Waals surface area contributed by atoms with Gasteiger partial charge in [-0.05, 0) is 17.5 Å². The van der Waals surface area contributed by atoms with Crippen LogP contribution in [0.4, 0.5) is 0 Å². The van der Waals surface area contributed by atoms with Crippen molar-refractivity contribution in [3.8, 4) is 22.8 Å². The first-order valence-corrected chi connectivity index (χ1v) is 10.4. The van der Waals surface area contributed by atoms with E-state index in [0.717, 1.165) is 4.88 Å². The monoisotopic (exact) mass is 446 g/mol. The summed E-state index contributed by atoms with van der Waals surface area (Å²) < 4.78 is 18.6. The Morgan fingerprint density at radius 2 is 2.17 bits per heavy atom. The first kappa shape index (κ1) is 20.5. The van der Waals surface area contributed by atoms with Crippen molar-refractivity contribution in [2.24, 2.45) is 0 Å². The van der Waals surface area contributed by atoms with Crippen LogP contribution in [0.15, 0.2) is 46.7 Å². The number of hydrogen-bond donors (Lipinski definition) is 0. The van der Waals surface area contributed by atoms with E-state index in [1.165, 1.54) is 23.6 Å². The summed E-state index contributed by atoms with van der Waals surface area (Å²) in [7, 11) is 1.62. The van der Waals surface area contributed by atoms with Crippen molar-refractivity contribution in [2.45, 2.75) is 12.6 Å². The van der Waals surface area contributed by atoms with E-state index in [1.807, 2.05) is 17.5 Å². The van der Waals surface area contributed by atoms with Gasteiger partial charge in [0.15, 0.2) is 5.43 Å². The number of nitrogens with zero attached hydrogens (tertiary/aromatic N) is 1. The number of carboxylic acid groups (broad SMARTS) is 1. The normalized spacial score (nSPS) is 14.5. The summed E-state index contributed by atoms with van der Waals surface area (Å²) in [5.41, 5.74) is -0.0110. The summed E-state index contributed by atoms with van der Waals surface area (Å²) in [5, 5.41) is 13.6. The minimum atomic E-state index is -1.54. The number of hydrogen-bond acceptors (Lipinski definition) is 7. The molecule has 3 aromatic rings. The number of ether oxygens (including phenoxy) is 3. The predicted molar refractivity (Wildman–Crippen MR) is 111 cm³/mol. The molecule has 4 rings (SSSR count). The topological polar surface area (TPSA) is 89.8 Å². The summed E-state index contributed by atoms with van der Waals surface area (Å²) in [6, 6.07) is 8.34. The molecule has 1 aliphatic rings. The fourth-order valence-corrected chi connectivity index (χ4v) is 4.21. The molecular formula is C21H17ClNO6S-. The molecule has 156 valence electrons. The summed E-state index contributed by atoms with van der Waals surface area (Å²) in [5.74, 6) is -0.595. The molecule has 30 heavy (non-hydrogen) atoms. The summed E-state index contributed by atoms with van der Waals surface area (Å²) >= 11 is 7.85. The number of carboxylic acids is 1. The van der Waals surface area contributed by atoms with Crippen LogP contribution < -0.4 is 20.0 Å². The quantitative estimate of drug-likeness (QED) is 0.518. The third kappa shape index (κ3) is 3.81. The number of fused-ring (bicyclic) bond motifs is 3. The van der Waals surface area contributed by atoms with E-state index < -0.39 is 23.2 Å². The average Bonchev–Trinajstić information content (AvgIpc) is 3.25. The van der Waals surface area contributed by atoms with Crippen LogP contribution >= 0.6 is 22.9 Å². The third-order valence-corrected chi connectivity index (χ3v) is 5.84. The number of rotatable bonds is 7. The van der Waals surface area contributed by atoms with Gasteiger partial charge >= 0.3 is 0 Å². The average molecular weight is 447 g/mol. The Bertz CT molecular complexity index is 1140. The second-order valence-corrected chi connectivity index (χ2v) is 7.98. The number of halogens is 1. The zero-order valence-electron chi connectivity index (χ0n) is 15.9. The van der Waals surface area contributed by atoms with Gasteiger partial charge in [0.2, 0.25) is 6.23 Å². The highest BCUT2D eigenvalue weighted by atomic mass is 35.5. The lowest BCUT2D eigenvalue weighted by Gasteiger charge is -2.31. The Morgan fingerprint density at radius 1 is 1.33 bits per heavy atom. The smallest absolute Gasteiger partial charge is 0.211 e. The standard InChI is InChI=1S/C21H18ClNO6S/c1-27-5-3-6-28-18-10-17-12(8-14(18)22)15-9-16(24)13(21(25)26)11-23(15)20(29-17)19-4-2-7-30-19/h2,4,7-11,20H,3,5-6H2,1H3,(H,25,26)/p-1. The number of carbonyl (C=O) groups is 1. The lowest BCUT2D eigenvalue weighted by molar-refractivity contribution is -0.255. The van der Waals surface area contributed by atoms with E-state index in [0.29, 0.717) is 47.4 Å². The lowest BCUT2D eigenvalue weighted by Crippen LogP contribution is -2.32. The third-order valence-electron chi connectivity index (χ3n) is 4.64. The van der Waals surface area contributed by atoms with Gasteiger partial charge in [-0.25, -0.2) is 0 Å².